The molecule has 3 N–H and O–H groups in total. The summed E-state index contributed by atoms with van der Waals surface area (Å²) in [7, 11) is 3.22. The maximum absolute atomic E-state index is 12.7. The first-order chi connectivity index (χ1) is 15.5. The molecule has 0 spiro atoms. The number of carbonyl (C=O) groups excluding carboxylic acids is 3. The number of ether oxygens (including phenoxy) is 1. The van der Waals surface area contributed by atoms with E-state index in [-0.39, 0.29) is 41.4 Å². The molecule has 4 rings (SSSR count). The number of guanidine groups is 1. The summed E-state index contributed by atoms with van der Waals surface area (Å²) in [6, 6.07) is 6.89. The molecule has 1 heterocycles. The normalized spacial score (nSPS) is 25.8. The third kappa shape index (κ3) is 4.19. The van der Waals surface area contributed by atoms with Crippen molar-refractivity contribution in [3.8, 4) is 5.75 Å². The second-order valence-corrected chi connectivity index (χ2v) is 8.24. The number of aliphatic imine (C=N–C) groups is 1. The molecule has 9 heteroatoms. The number of nitrogens with one attached hydrogen (secondary N) is 3. The van der Waals surface area contributed by atoms with E-state index in [9.17, 15) is 14.4 Å². The van der Waals surface area contributed by atoms with Gasteiger partial charge in [0.1, 0.15) is 5.75 Å². The van der Waals surface area contributed by atoms with E-state index >= 15 is 0 Å². The number of rotatable bonds is 8. The van der Waals surface area contributed by atoms with Crippen molar-refractivity contribution in [2.75, 3.05) is 40.3 Å². The van der Waals surface area contributed by atoms with Gasteiger partial charge < -0.3 is 20.7 Å². The van der Waals surface area contributed by atoms with Gasteiger partial charge in [0.25, 0.3) is 5.91 Å². The first-order valence-electron chi connectivity index (χ1n) is 10.9. The topological polar surface area (TPSA) is 112 Å². The number of carbonyl (C=O) groups is 3. The molecule has 1 aliphatic heterocycles. The van der Waals surface area contributed by atoms with E-state index < -0.39 is 0 Å². The van der Waals surface area contributed by atoms with Gasteiger partial charge >= 0.3 is 0 Å². The van der Waals surface area contributed by atoms with Gasteiger partial charge in [-0.15, -0.1) is 0 Å². The van der Waals surface area contributed by atoms with Crippen molar-refractivity contribution in [3.63, 3.8) is 0 Å². The van der Waals surface area contributed by atoms with Crippen LogP contribution in [0.15, 0.2) is 41.4 Å². The van der Waals surface area contributed by atoms with Gasteiger partial charge in [0.05, 0.1) is 18.9 Å². The van der Waals surface area contributed by atoms with E-state index in [1.54, 1.807) is 38.4 Å². The third-order valence-corrected chi connectivity index (χ3v) is 6.47. The molecule has 170 valence electrons. The lowest BCUT2D eigenvalue weighted by Gasteiger charge is -2.18. The Morgan fingerprint density at radius 2 is 1.59 bits per heavy atom. The summed E-state index contributed by atoms with van der Waals surface area (Å²) in [6.45, 7) is 1.62. The van der Waals surface area contributed by atoms with Crippen molar-refractivity contribution in [2.45, 2.75) is 6.42 Å². The summed E-state index contributed by atoms with van der Waals surface area (Å²) in [6.07, 6.45) is 5.13. The predicted molar refractivity (Wildman–Crippen MR) is 119 cm³/mol. The van der Waals surface area contributed by atoms with Crippen LogP contribution in [0.25, 0.3) is 0 Å². The van der Waals surface area contributed by atoms with E-state index in [0.29, 0.717) is 43.5 Å². The molecule has 3 amide bonds. The Labute approximate surface area is 187 Å². The number of benzene rings is 1. The highest BCUT2D eigenvalue weighted by Gasteiger charge is 2.58. The molecule has 1 saturated carbocycles. The van der Waals surface area contributed by atoms with Gasteiger partial charge in [0.2, 0.25) is 11.8 Å². The summed E-state index contributed by atoms with van der Waals surface area (Å²) in [5.74, 6) is 1.12. The lowest BCUT2D eigenvalue weighted by Crippen LogP contribution is -2.45. The fourth-order valence-corrected chi connectivity index (χ4v) is 4.89. The Bertz CT molecular complexity index is 912. The first kappa shape index (κ1) is 21.9. The standard InChI is InChI=1S/C23H29N5O4/c1-24-23(26-10-9-25-20(29)14-5-7-17(32-2)8-6-14)27-11-12-28-21(30)18-15-3-4-16(13-15)19(18)22(28)31/h3-8,15-16,18-19H,9-13H2,1-2H3,(H,25,29)(H2,24,26,27). The predicted octanol–water partition coefficient (Wildman–Crippen LogP) is 0.397. The number of hydrogen-bond donors (Lipinski definition) is 3. The quantitative estimate of drug-likeness (QED) is 0.178. The first-order valence-corrected chi connectivity index (χ1v) is 10.9. The number of likely N-dealkylation sites (tertiary alicyclic amines) is 1. The Morgan fingerprint density at radius 1 is 1.00 bits per heavy atom. The minimum atomic E-state index is -0.169. The van der Waals surface area contributed by atoms with Crippen molar-refractivity contribution >= 4 is 23.7 Å². The van der Waals surface area contributed by atoms with Crippen LogP contribution in [0.4, 0.5) is 0 Å². The maximum atomic E-state index is 12.7. The van der Waals surface area contributed by atoms with Crippen LogP contribution >= 0.6 is 0 Å². The van der Waals surface area contributed by atoms with Crippen molar-refractivity contribution in [1.82, 2.24) is 20.9 Å². The molecule has 1 aromatic carbocycles. The SMILES string of the molecule is CN=C(NCCNC(=O)c1ccc(OC)cc1)NCCN1C(=O)C2C3C=CC(C3)C2C1=O. The number of methoxy groups -OCH3 is 1. The number of imide groups is 1. The molecular weight excluding hydrogens is 410 g/mol. The highest BCUT2D eigenvalue weighted by atomic mass is 16.5. The number of allylic oxidation sites excluding steroid dienone is 2. The van der Waals surface area contributed by atoms with E-state index in [1.165, 1.54) is 4.90 Å². The largest absolute Gasteiger partial charge is 0.497 e. The fraction of sp³-hybridized carbons (Fsp3) is 0.478. The molecule has 2 aliphatic carbocycles. The fourth-order valence-electron chi connectivity index (χ4n) is 4.89. The molecule has 9 nitrogen and oxygen atoms in total. The van der Waals surface area contributed by atoms with Gasteiger partial charge in [-0.3, -0.25) is 24.3 Å². The molecule has 2 bridgehead atoms. The zero-order valence-electron chi connectivity index (χ0n) is 18.3. The minimum Gasteiger partial charge on any atom is -0.497 e. The van der Waals surface area contributed by atoms with Crippen LogP contribution in [-0.4, -0.2) is 68.9 Å². The van der Waals surface area contributed by atoms with E-state index in [4.69, 9.17) is 4.74 Å². The van der Waals surface area contributed by atoms with Crippen LogP contribution in [0.3, 0.4) is 0 Å². The van der Waals surface area contributed by atoms with E-state index in [2.05, 4.69) is 33.1 Å². The number of amides is 3. The zero-order chi connectivity index (χ0) is 22.7. The van der Waals surface area contributed by atoms with Crippen LogP contribution in [0, 0.1) is 23.7 Å². The Hall–Kier alpha value is -3.36. The Kier molecular flexibility index (Phi) is 6.43. The van der Waals surface area contributed by atoms with E-state index in [0.717, 1.165) is 6.42 Å². The molecule has 2 fully saturated rings. The van der Waals surface area contributed by atoms with Crippen LogP contribution in [-0.2, 0) is 9.59 Å². The van der Waals surface area contributed by atoms with Gasteiger partial charge in [-0.25, -0.2) is 0 Å². The van der Waals surface area contributed by atoms with Crippen molar-refractivity contribution in [3.05, 3.63) is 42.0 Å². The second kappa shape index (κ2) is 9.42. The van der Waals surface area contributed by atoms with Crippen LogP contribution in [0.1, 0.15) is 16.8 Å². The molecular formula is C23H29N5O4. The molecule has 1 aromatic rings. The van der Waals surface area contributed by atoms with Gasteiger partial charge in [-0.05, 0) is 42.5 Å². The van der Waals surface area contributed by atoms with Crippen LogP contribution in [0.5, 0.6) is 5.75 Å². The lowest BCUT2D eigenvalue weighted by molar-refractivity contribution is -0.140. The number of nitrogens with zero attached hydrogens (tertiary/aromatic N) is 2. The summed E-state index contributed by atoms with van der Waals surface area (Å²) in [5.41, 5.74) is 0.557. The summed E-state index contributed by atoms with van der Waals surface area (Å²) >= 11 is 0. The smallest absolute Gasteiger partial charge is 0.251 e. The zero-order valence-corrected chi connectivity index (χ0v) is 18.3. The molecule has 4 unspecified atom stereocenters. The molecule has 4 atom stereocenters. The maximum Gasteiger partial charge on any atom is 0.251 e. The van der Waals surface area contributed by atoms with Gasteiger partial charge in [0, 0.05) is 38.8 Å². The summed E-state index contributed by atoms with van der Waals surface area (Å²) in [4.78, 5) is 43.1. The van der Waals surface area contributed by atoms with Crippen molar-refractivity contribution < 1.29 is 19.1 Å². The van der Waals surface area contributed by atoms with E-state index in [1.807, 2.05) is 0 Å². The summed E-state index contributed by atoms with van der Waals surface area (Å²) in [5, 5.41) is 9.07. The van der Waals surface area contributed by atoms with Gasteiger partial charge in [-0.2, -0.15) is 0 Å². The average Bonchev–Trinajstić information content (AvgIpc) is 3.50. The monoisotopic (exact) mass is 439 g/mol. The lowest BCUT2D eigenvalue weighted by atomic mass is 9.85. The summed E-state index contributed by atoms with van der Waals surface area (Å²) < 4.78 is 5.09. The molecule has 0 aromatic heterocycles. The number of hydrogen-bond acceptors (Lipinski definition) is 5. The van der Waals surface area contributed by atoms with Crippen LogP contribution in [0.2, 0.25) is 0 Å². The molecule has 1 saturated heterocycles. The van der Waals surface area contributed by atoms with Crippen LogP contribution < -0.4 is 20.7 Å². The molecule has 32 heavy (non-hydrogen) atoms. The molecule has 0 radical (unpaired) electrons. The second-order valence-electron chi connectivity index (χ2n) is 8.24. The van der Waals surface area contributed by atoms with Gasteiger partial charge in [0.15, 0.2) is 5.96 Å². The third-order valence-electron chi connectivity index (χ3n) is 6.47. The van der Waals surface area contributed by atoms with Gasteiger partial charge in [-0.1, -0.05) is 12.2 Å². The number of fused-ring (bicyclic) bond motifs is 5. The van der Waals surface area contributed by atoms with Crippen molar-refractivity contribution in [2.24, 2.45) is 28.7 Å². The Morgan fingerprint density at radius 3 is 2.19 bits per heavy atom. The highest BCUT2D eigenvalue weighted by molar-refractivity contribution is 6.06. The highest BCUT2D eigenvalue weighted by Crippen LogP contribution is 2.52. The Balaban J connectivity index is 1.16. The average molecular weight is 440 g/mol. The molecule has 3 aliphatic rings. The van der Waals surface area contributed by atoms with Crippen molar-refractivity contribution in [1.29, 1.82) is 0 Å². The minimum absolute atomic E-state index is 0.0390.